The van der Waals surface area contributed by atoms with E-state index in [4.69, 9.17) is 4.74 Å². The topological polar surface area (TPSA) is 108 Å². The van der Waals surface area contributed by atoms with Crippen LogP contribution < -0.4 is 5.56 Å². The SMILES string of the molecule is CCCc1c(Cc2ccc(-c3ccccc3-c3nnn[nH]3)cc2)c(=O)n2n1C(C(C)(C)C(=O)OCC)CCC2. The Balaban J connectivity index is 1.49. The summed E-state index contributed by atoms with van der Waals surface area (Å²) in [6, 6.07) is 16.2. The van der Waals surface area contributed by atoms with Crippen molar-refractivity contribution >= 4 is 5.97 Å². The Labute approximate surface area is 228 Å². The number of nitrogens with one attached hydrogen (secondary N) is 1. The van der Waals surface area contributed by atoms with E-state index in [2.05, 4.69) is 56.5 Å². The quantitative estimate of drug-likeness (QED) is 0.308. The fraction of sp³-hybridized carbons (Fsp3) is 0.433. The van der Waals surface area contributed by atoms with Crippen molar-refractivity contribution in [2.75, 3.05) is 6.61 Å². The average Bonchev–Trinajstić information content (AvgIpc) is 3.57. The Morgan fingerprint density at radius 3 is 2.51 bits per heavy atom. The van der Waals surface area contributed by atoms with Gasteiger partial charge in [-0.2, -0.15) is 0 Å². The molecule has 4 aromatic rings. The first-order chi connectivity index (χ1) is 18.9. The number of fused-ring (bicyclic) bond motifs is 1. The maximum atomic E-state index is 13.7. The first kappa shape index (κ1) is 26.6. The lowest BCUT2D eigenvalue weighted by molar-refractivity contribution is -0.157. The van der Waals surface area contributed by atoms with E-state index in [1.54, 1.807) is 0 Å². The second-order valence-corrected chi connectivity index (χ2v) is 10.7. The van der Waals surface area contributed by atoms with Crippen molar-refractivity contribution in [2.24, 2.45) is 5.41 Å². The molecule has 0 saturated heterocycles. The Kier molecular flexibility index (Phi) is 7.50. The molecule has 1 atom stereocenters. The standard InChI is InChI=1S/C30H36N6O3/c1-5-10-25-24(28(37)35-18-9-13-26(36(25)35)30(3,4)29(38)39-6-2)19-20-14-16-21(17-15-20)22-11-7-8-12-23(22)27-31-33-34-32-27/h7-8,11-12,14-17,26H,5-6,9-10,13,18-19H2,1-4H3,(H,31,32,33,34). The van der Waals surface area contributed by atoms with Crippen LogP contribution in [-0.2, 0) is 28.9 Å². The van der Waals surface area contributed by atoms with Gasteiger partial charge in [0, 0.05) is 29.8 Å². The molecule has 1 aliphatic rings. The molecule has 0 bridgehead atoms. The minimum absolute atomic E-state index is 0.0510. The molecule has 2 aromatic heterocycles. The summed E-state index contributed by atoms with van der Waals surface area (Å²) >= 11 is 0. The molecule has 0 spiro atoms. The van der Waals surface area contributed by atoms with Crippen molar-refractivity contribution in [1.82, 2.24) is 30.0 Å². The monoisotopic (exact) mass is 528 g/mol. The van der Waals surface area contributed by atoms with Crippen LogP contribution in [0.1, 0.15) is 69.8 Å². The number of ether oxygens (including phenoxy) is 1. The van der Waals surface area contributed by atoms with Gasteiger partial charge in [0.2, 0.25) is 0 Å². The Morgan fingerprint density at radius 1 is 1.10 bits per heavy atom. The lowest BCUT2D eigenvalue weighted by atomic mass is 9.81. The molecular weight excluding hydrogens is 492 g/mol. The predicted molar refractivity (Wildman–Crippen MR) is 149 cm³/mol. The number of hydrogen-bond donors (Lipinski definition) is 1. The highest BCUT2D eigenvalue weighted by molar-refractivity contribution is 5.80. The molecule has 9 nitrogen and oxygen atoms in total. The second-order valence-electron chi connectivity index (χ2n) is 10.7. The van der Waals surface area contributed by atoms with E-state index in [-0.39, 0.29) is 17.6 Å². The molecule has 2 aromatic carbocycles. The van der Waals surface area contributed by atoms with Gasteiger partial charge in [0.05, 0.1) is 18.1 Å². The molecule has 1 aliphatic heterocycles. The summed E-state index contributed by atoms with van der Waals surface area (Å²) in [5.74, 6) is 0.400. The number of nitrogens with zero attached hydrogens (tertiary/aromatic N) is 5. The summed E-state index contributed by atoms with van der Waals surface area (Å²) < 4.78 is 9.44. The molecule has 3 heterocycles. The van der Waals surface area contributed by atoms with Gasteiger partial charge in [0.1, 0.15) is 0 Å². The van der Waals surface area contributed by atoms with Gasteiger partial charge >= 0.3 is 5.97 Å². The fourth-order valence-electron chi connectivity index (χ4n) is 5.80. The van der Waals surface area contributed by atoms with Gasteiger partial charge in [-0.3, -0.25) is 14.3 Å². The molecule has 5 rings (SSSR count). The van der Waals surface area contributed by atoms with Crippen molar-refractivity contribution in [3.8, 4) is 22.5 Å². The Bertz CT molecular complexity index is 1500. The minimum Gasteiger partial charge on any atom is -0.466 e. The summed E-state index contributed by atoms with van der Waals surface area (Å²) in [7, 11) is 0. The summed E-state index contributed by atoms with van der Waals surface area (Å²) in [5, 5.41) is 14.3. The molecule has 0 radical (unpaired) electrons. The summed E-state index contributed by atoms with van der Waals surface area (Å²) in [4.78, 5) is 26.7. The molecule has 204 valence electrons. The first-order valence-corrected chi connectivity index (χ1v) is 13.8. The maximum Gasteiger partial charge on any atom is 0.313 e. The third-order valence-corrected chi connectivity index (χ3v) is 7.82. The Hall–Kier alpha value is -4.01. The van der Waals surface area contributed by atoms with E-state index in [9.17, 15) is 9.59 Å². The molecule has 0 aliphatic carbocycles. The van der Waals surface area contributed by atoms with Gasteiger partial charge in [-0.1, -0.05) is 61.9 Å². The number of carbonyl (C=O) groups is 1. The molecule has 39 heavy (non-hydrogen) atoms. The number of aromatic nitrogens is 6. The van der Waals surface area contributed by atoms with Gasteiger partial charge in [-0.15, -0.1) is 5.10 Å². The van der Waals surface area contributed by atoms with Gasteiger partial charge < -0.3 is 4.74 Å². The summed E-state index contributed by atoms with van der Waals surface area (Å²) in [5.41, 5.74) is 5.24. The van der Waals surface area contributed by atoms with Gasteiger partial charge in [-0.25, -0.2) is 9.78 Å². The van der Waals surface area contributed by atoms with E-state index >= 15 is 0 Å². The number of aromatic amines is 1. The highest BCUT2D eigenvalue weighted by Gasteiger charge is 2.43. The highest BCUT2D eigenvalue weighted by Crippen LogP contribution is 2.40. The fourth-order valence-corrected chi connectivity index (χ4v) is 5.80. The molecule has 1 N–H and O–H groups in total. The van der Waals surface area contributed by atoms with E-state index in [0.29, 0.717) is 25.4 Å². The van der Waals surface area contributed by atoms with E-state index in [1.165, 1.54) is 0 Å². The van der Waals surface area contributed by atoms with Crippen molar-refractivity contribution in [2.45, 2.75) is 72.4 Å². The van der Waals surface area contributed by atoms with Crippen LogP contribution in [0, 0.1) is 5.41 Å². The number of carbonyl (C=O) groups excluding carboxylic acids is 1. The zero-order chi connectivity index (χ0) is 27.6. The van der Waals surface area contributed by atoms with Crippen LogP contribution >= 0.6 is 0 Å². The van der Waals surface area contributed by atoms with Crippen LogP contribution in [0.2, 0.25) is 0 Å². The van der Waals surface area contributed by atoms with Crippen molar-refractivity contribution in [3.63, 3.8) is 0 Å². The molecule has 1 unspecified atom stereocenters. The number of esters is 1. The average molecular weight is 529 g/mol. The van der Waals surface area contributed by atoms with Crippen LogP contribution in [0.25, 0.3) is 22.5 Å². The smallest absolute Gasteiger partial charge is 0.313 e. The second kappa shape index (κ2) is 11.0. The third kappa shape index (κ3) is 4.93. The molecular formula is C30H36N6O3. The molecule has 0 amide bonds. The highest BCUT2D eigenvalue weighted by atomic mass is 16.5. The number of rotatable bonds is 9. The third-order valence-electron chi connectivity index (χ3n) is 7.82. The number of hydrogen-bond acceptors (Lipinski definition) is 6. The molecule has 0 fully saturated rings. The maximum absolute atomic E-state index is 13.7. The predicted octanol–water partition coefficient (Wildman–Crippen LogP) is 4.96. The number of benzene rings is 2. The van der Waals surface area contributed by atoms with Gasteiger partial charge in [0.25, 0.3) is 5.56 Å². The summed E-state index contributed by atoms with van der Waals surface area (Å²) in [6.45, 7) is 8.85. The normalized spacial score (nSPS) is 15.2. The lowest BCUT2D eigenvalue weighted by Gasteiger charge is -2.38. The number of tetrazole rings is 1. The largest absolute Gasteiger partial charge is 0.466 e. The zero-order valence-corrected chi connectivity index (χ0v) is 23.1. The minimum atomic E-state index is -0.739. The van der Waals surface area contributed by atoms with Crippen LogP contribution in [0.3, 0.4) is 0 Å². The van der Waals surface area contributed by atoms with E-state index in [1.807, 2.05) is 49.7 Å². The van der Waals surface area contributed by atoms with Crippen LogP contribution in [0.5, 0.6) is 0 Å². The van der Waals surface area contributed by atoms with Gasteiger partial charge in [0.15, 0.2) is 5.82 Å². The van der Waals surface area contributed by atoms with Crippen LogP contribution in [0.4, 0.5) is 0 Å². The lowest BCUT2D eigenvalue weighted by Crippen LogP contribution is -2.42. The van der Waals surface area contributed by atoms with Crippen molar-refractivity contribution in [1.29, 1.82) is 0 Å². The van der Waals surface area contributed by atoms with Crippen LogP contribution in [0.15, 0.2) is 53.3 Å². The summed E-state index contributed by atoms with van der Waals surface area (Å²) in [6.07, 6.45) is 3.93. The number of H-pyrrole nitrogens is 1. The van der Waals surface area contributed by atoms with E-state index in [0.717, 1.165) is 59.2 Å². The van der Waals surface area contributed by atoms with Crippen molar-refractivity contribution in [3.05, 3.63) is 75.7 Å². The van der Waals surface area contributed by atoms with Crippen molar-refractivity contribution < 1.29 is 9.53 Å². The first-order valence-electron chi connectivity index (χ1n) is 13.8. The zero-order valence-electron chi connectivity index (χ0n) is 23.1. The van der Waals surface area contributed by atoms with E-state index < -0.39 is 5.41 Å². The Morgan fingerprint density at radius 2 is 1.85 bits per heavy atom. The molecule has 0 saturated carbocycles. The molecule has 9 heteroatoms. The van der Waals surface area contributed by atoms with Gasteiger partial charge in [-0.05, 0) is 67.2 Å². The van der Waals surface area contributed by atoms with Crippen LogP contribution in [-0.4, -0.2) is 42.6 Å².